The Morgan fingerprint density at radius 1 is 1.24 bits per heavy atom. The van der Waals surface area contributed by atoms with Crippen LogP contribution in [-0.2, 0) is 19.5 Å². The molecule has 0 aliphatic carbocycles. The summed E-state index contributed by atoms with van der Waals surface area (Å²) < 4.78 is 1.58. The Morgan fingerprint density at radius 3 is 2.52 bits per heavy atom. The molecule has 0 radical (unpaired) electrons. The predicted molar refractivity (Wildman–Crippen MR) is 117 cm³/mol. The lowest BCUT2D eigenvalue weighted by molar-refractivity contribution is 0.0697. The number of rotatable bonds is 7. The zero-order valence-electron chi connectivity index (χ0n) is 15.9. The molecule has 1 aromatic carbocycles. The Balaban J connectivity index is 1.86. The number of halogens is 2. The van der Waals surface area contributed by atoms with Crippen molar-refractivity contribution in [3.63, 3.8) is 0 Å². The molecular formula is C20H19Cl2N3O3S. The van der Waals surface area contributed by atoms with Gasteiger partial charge in [0.1, 0.15) is 5.02 Å². The number of aromatic carboxylic acids is 1. The number of carboxylic acid groups (broad SMARTS) is 1. The number of nitrogens with zero attached hydrogens (tertiary/aromatic N) is 3. The Bertz CT molecular complexity index is 1090. The highest BCUT2D eigenvalue weighted by atomic mass is 35.5. The van der Waals surface area contributed by atoms with Crippen LogP contribution in [0.4, 0.5) is 5.13 Å². The SMILES string of the molecule is Cc1cnc(N(C)Cc2c(Cl)cc(Cl)c(=O)n2CCc2ccc(C(=O)O)cc2)s1. The van der Waals surface area contributed by atoms with E-state index in [1.807, 2.05) is 18.9 Å². The number of thiazole rings is 1. The number of pyridine rings is 1. The van der Waals surface area contributed by atoms with Crippen LogP contribution >= 0.6 is 34.5 Å². The number of carboxylic acids is 1. The Hall–Kier alpha value is -2.35. The molecule has 0 aliphatic rings. The fourth-order valence-corrected chi connectivity index (χ4v) is 4.16. The summed E-state index contributed by atoms with van der Waals surface area (Å²) in [6.07, 6.45) is 2.33. The molecule has 0 aliphatic heterocycles. The maximum absolute atomic E-state index is 12.7. The molecule has 0 saturated carbocycles. The first kappa shape index (κ1) is 21.4. The summed E-state index contributed by atoms with van der Waals surface area (Å²) in [5, 5.41) is 10.3. The minimum atomic E-state index is -0.975. The van der Waals surface area contributed by atoms with Gasteiger partial charge in [0.15, 0.2) is 5.13 Å². The zero-order valence-corrected chi connectivity index (χ0v) is 18.2. The molecular weight excluding hydrogens is 433 g/mol. The van der Waals surface area contributed by atoms with Crippen LogP contribution in [0.25, 0.3) is 0 Å². The summed E-state index contributed by atoms with van der Waals surface area (Å²) >= 11 is 14.1. The fourth-order valence-electron chi connectivity index (χ4n) is 2.90. The van der Waals surface area contributed by atoms with Gasteiger partial charge in [-0.1, -0.05) is 35.3 Å². The summed E-state index contributed by atoms with van der Waals surface area (Å²) in [5.41, 5.74) is 1.47. The van der Waals surface area contributed by atoms with Crippen LogP contribution in [0.2, 0.25) is 10.0 Å². The number of hydrogen-bond donors (Lipinski definition) is 1. The number of anilines is 1. The minimum absolute atomic E-state index is 0.0627. The van der Waals surface area contributed by atoms with Crippen molar-refractivity contribution in [2.75, 3.05) is 11.9 Å². The van der Waals surface area contributed by atoms with E-state index in [0.29, 0.717) is 30.2 Å². The fraction of sp³-hybridized carbons (Fsp3) is 0.250. The highest BCUT2D eigenvalue weighted by Gasteiger charge is 2.16. The van der Waals surface area contributed by atoms with E-state index in [1.165, 1.54) is 6.07 Å². The largest absolute Gasteiger partial charge is 0.478 e. The molecule has 2 heterocycles. The molecule has 29 heavy (non-hydrogen) atoms. The third-order valence-electron chi connectivity index (χ3n) is 4.45. The van der Waals surface area contributed by atoms with E-state index in [4.69, 9.17) is 28.3 Å². The number of carbonyl (C=O) groups is 1. The summed E-state index contributed by atoms with van der Waals surface area (Å²) in [7, 11) is 1.89. The molecule has 0 amide bonds. The van der Waals surface area contributed by atoms with Crippen LogP contribution in [-0.4, -0.2) is 27.7 Å². The molecule has 0 saturated heterocycles. The second-order valence-corrected chi connectivity index (χ2v) is 8.63. The maximum Gasteiger partial charge on any atom is 0.335 e. The summed E-state index contributed by atoms with van der Waals surface area (Å²) in [4.78, 5) is 31.1. The topological polar surface area (TPSA) is 75.4 Å². The third-order valence-corrected chi connectivity index (χ3v) is 6.08. The number of aryl methyl sites for hydroxylation is 2. The van der Waals surface area contributed by atoms with E-state index in [-0.39, 0.29) is 16.1 Å². The van der Waals surface area contributed by atoms with Crippen LogP contribution in [0.5, 0.6) is 0 Å². The highest BCUT2D eigenvalue weighted by molar-refractivity contribution is 7.15. The van der Waals surface area contributed by atoms with Crippen molar-refractivity contribution >= 4 is 45.6 Å². The van der Waals surface area contributed by atoms with Crippen LogP contribution in [0.3, 0.4) is 0 Å². The molecule has 3 aromatic rings. The Kier molecular flexibility index (Phi) is 6.62. The molecule has 2 aromatic heterocycles. The van der Waals surface area contributed by atoms with E-state index in [0.717, 1.165) is 15.6 Å². The van der Waals surface area contributed by atoms with E-state index < -0.39 is 5.97 Å². The quantitative estimate of drug-likeness (QED) is 0.572. The molecule has 0 spiro atoms. The van der Waals surface area contributed by atoms with Crippen LogP contribution in [0.1, 0.15) is 26.5 Å². The standard InChI is InChI=1S/C20H19Cl2N3O3S/c1-12-10-23-20(29-12)24(2)11-17-15(21)9-16(22)18(26)25(17)8-7-13-3-5-14(6-4-13)19(27)28/h3-6,9-10H,7-8,11H2,1-2H3,(H,27,28). The van der Waals surface area contributed by atoms with Crippen molar-refractivity contribution in [1.29, 1.82) is 0 Å². The van der Waals surface area contributed by atoms with Crippen LogP contribution in [0, 0.1) is 6.92 Å². The summed E-state index contributed by atoms with van der Waals surface area (Å²) in [5.74, 6) is -0.975. The first-order chi connectivity index (χ1) is 13.8. The van der Waals surface area contributed by atoms with Gasteiger partial charge in [0.2, 0.25) is 0 Å². The van der Waals surface area contributed by atoms with Gasteiger partial charge in [0, 0.05) is 24.7 Å². The van der Waals surface area contributed by atoms with Crippen molar-refractivity contribution in [3.05, 3.63) is 78.6 Å². The van der Waals surface area contributed by atoms with Gasteiger partial charge >= 0.3 is 5.97 Å². The lowest BCUT2D eigenvalue weighted by Gasteiger charge is -2.21. The lowest BCUT2D eigenvalue weighted by Crippen LogP contribution is -2.29. The van der Waals surface area contributed by atoms with Crippen LogP contribution < -0.4 is 10.5 Å². The van der Waals surface area contributed by atoms with Gasteiger partial charge in [-0.05, 0) is 37.1 Å². The molecule has 0 unspecified atom stereocenters. The summed E-state index contributed by atoms with van der Waals surface area (Å²) in [6, 6.07) is 8.05. The first-order valence-electron chi connectivity index (χ1n) is 8.79. The molecule has 1 N–H and O–H groups in total. The van der Waals surface area contributed by atoms with Gasteiger partial charge in [-0.3, -0.25) is 4.79 Å². The monoisotopic (exact) mass is 451 g/mol. The molecule has 152 valence electrons. The second kappa shape index (κ2) is 8.98. The Morgan fingerprint density at radius 2 is 1.93 bits per heavy atom. The van der Waals surface area contributed by atoms with Gasteiger partial charge < -0.3 is 14.6 Å². The highest BCUT2D eigenvalue weighted by Crippen LogP contribution is 2.25. The van der Waals surface area contributed by atoms with Crippen molar-refractivity contribution in [3.8, 4) is 0 Å². The van der Waals surface area contributed by atoms with Crippen LogP contribution in [0.15, 0.2) is 41.3 Å². The third kappa shape index (κ3) is 4.98. The lowest BCUT2D eigenvalue weighted by atomic mass is 10.1. The van der Waals surface area contributed by atoms with E-state index in [1.54, 1.807) is 46.4 Å². The minimum Gasteiger partial charge on any atom is -0.478 e. The first-order valence-corrected chi connectivity index (χ1v) is 10.4. The van der Waals surface area contributed by atoms with Gasteiger partial charge in [0.25, 0.3) is 5.56 Å². The second-order valence-electron chi connectivity index (χ2n) is 6.61. The smallest absolute Gasteiger partial charge is 0.335 e. The van der Waals surface area contributed by atoms with E-state index in [9.17, 15) is 9.59 Å². The average molecular weight is 452 g/mol. The Labute approximate surface area is 182 Å². The number of hydrogen-bond acceptors (Lipinski definition) is 5. The predicted octanol–water partition coefficient (Wildman–Crippen LogP) is 4.50. The molecule has 9 heteroatoms. The molecule has 0 atom stereocenters. The number of aromatic nitrogens is 2. The van der Waals surface area contributed by atoms with Gasteiger partial charge in [-0.2, -0.15) is 0 Å². The molecule has 0 bridgehead atoms. The van der Waals surface area contributed by atoms with E-state index >= 15 is 0 Å². The van der Waals surface area contributed by atoms with Crippen molar-refractivity contribution in [2.24, 2.45) is 0 Å². The molecule has 3 rings (SSSR count). The molecule has 0 fully saturated rings. The van der Waals surface area contributed by atoms with E-state index in [2.05, 4.69) is 4.98 Å². The molecule has 6 nitrogen and oxygen atoms in total. The average Bonchev–Trinajstić information content (AvgIpc) is 3.12. The van der Waals surface area contributed by atoms with Gasteiger partial charge in [-0.15, -0.1) is 11.3 Å². The normalized spacial score (nSPS) is 10.9. The van der Waals surface area contributed by atoms with Crippen molar-refractivity contribution in [1.82, 2.24) is 9.55 Å². The maximum atomic E-state index is 12.7. The zero-order chi connectivity index (χ0) is 21.1. The summed E-state index contributed by atoms with van der Waals surface area (Å²) in [6.45, 7) is 2.75. The van der Waals surface area contributed by atoms with Gasteiger partial charge in [-0.25, -0.2) is 9.78 Å². The number of benzene rings is 1. The van der Waals surface area contributed by atoms with Crippen molar-refractivity contribution < 1.29 is 9.90 Å². The van der Waals surface area contributed by atoms with Gasteiger partial charge in [0.05, 0.1) is 22.8 Å². The van der Waals surface area contributed by atoms with Crippen molar-refractivity contribution in [2.45, 2.75) is 26.4 Å².